The second-order valence-electron chi connectivity index (χ2n) is 19.1. The molecule has 0 saturated carbocycles. The zero-order valence-electron chi connectivity index (χ0n) is 44.4. The Balaban J connectivity index is 0.846. The molecular formula is C41H55N15O25P4. The molecule has 0 bridgehead atoms. The van der Waals surface area contributed by atoms with Gasteiger partial charge in [0.05, 0.1) is 38.6 Å². The fraction of sp³-hybridized carbons (Fsp3) is 0.561. The average Bonchev–Trinajstić information content (AvgIpc) is 2.75. The Morgan fingerprint density at radius 2 is 1.15 bits per heavy atom. The van der Waals surface area contributed by atoms with Crippen LogP contribution in [0.25, 0.3) is 22.3 Å². The van der Waals surface area contributed by atoms with Gasteiger partial charge in [-0.3, -0.25) is 74.0 Å². The predicted octanol–water partition coefficient (Wildman–Crippen LogP) is -0.396. The highest BCUT2D eigenvalue weighted by Crippen LogP contribution is 2.55. The number of nitrogen functional groups attached to an aromatic ring is 3. The van der Waals surface area contributed by atoms with Gasteiger partial charge >= 0.3 is 42.7 Å². The molecule has 4 aliphatic rings. The normalized spacial score (nSPS) is 29.1. The van der Waals surface area contributed by atoms with E-state index in [1.54, 1.807) is 11.5 Å². The lowest BCUT2D eigenvalue weighted by Gasteiger charge is -2.25. The number of anilines is 3. The minimum atomic E-state index is -5.44. The average molecular weight is 1280 g/mol. The van der Waals surface area contributed by atoms with E-state index in [0.29, 0.717) is 11.2 Å². The van der Waals surface area contributed by atoms with Gasteiger partial charge < -0.3 is 60.5 Å². The highest BCUT2D eigenvalue weighted by molar-refractivity contribution is 7.48. The monoisotopic (exact) mass is 1280 g/mol. The van der Waals surface area contributed by atoms with Gasteiger partial charge in [0.2, 0.25) is 5.95 Å². The number of aromatic amines is 2. The first kappa shape index (κ1) is 62.2. The van der Waals surface area contributed by atoms with Crippen LogP contribution in [0.5, 0.6) is 0 Å². The van der Waals surface area contributed by atoms with E-state index in [1.807, 2.05) is 4.98 Å². The second-order valence-corrected chi connectivity index (χ2v) is 24.9. The van der Waals surface area contributed by atoms with Crippen LogP contribution >= 0.6 is 31.3 Å². The van der Waals surface area contributed by atoms with Crippen molar-refractivity contribution in [1.82, 2.24) is 58.1 Å². The van der Waals surface area contributed by atoms with Crippen molar-refractivity contribution >= 4 is 71.2 Å². The van der Waals surface area contributed by atoms with E-state index < -0.39 is 160 Å². The number of aromatic nitrogens is 12. The van der Waals surface area contributed by atoms with Gasteiger partial charge in [-0.05, 0) is 19.9 Å². The maximum absolute atomic E-state index is 14.0. The van der Waals surface area contributed by atoms with Crippen molar-refractivity contribution in [3.05, 3.63) is 84.7 Å². The summed E-state index contributed by atoms with van der Waals surface area (Å²) in [6.45, 7) is 0.729. The Labute approximate surface area is 474 Å². The highest BCUT2D eigenvalue weighted by Gasteiger charge is 2.50. The summed E-state index contributed by atoms with van der Waals surface area (Å²) < 4.78 is 131. The fourth-order valence-electron chi connectivity index (χ4n) is 9.61. The maximum atomic E-state index is 14.0. The zero-order chi connectivity index (χ0) is 60.9. The molecule has 10 heterocycles. The molecule has 10 rings (SSSR count). The van der Waals surface area contributed by atoms with Gasteiger partial charge in [-0.1, -0.05) is 0 Å². The van der Waals surface area contributed by atoms with Gasteiger partial charge in [0.15, 0.2) is 28.9 Å². The molecule has 6 aromatic rings. The number of ether oxygens (including phenoxy) is 5. The number of hydrogen-bond acceptors (Lipinski definition) is 30. The molecule has 4 aliphatic heterocycles. The number of fused-ring (bicyclic) bond motifs is 2. The molecule has 4 saturated heterocycles. The van der Waals surface area contributed by atoms with Crippen LogP contribution in [0, 0.1) is 6.92 Å². The molecule has 4 fully saturated rings. The quantitative estimate of drug-likeness (QED) is 0.0348. The summed E-state index contributed by atoms with van der Waals surface area (Å²) in [5, 5.41) is 0. The smallest absolute Gasteiger partial charge is 0.383 e. The molecule has 44 heteroatoms. The Hall–Kier alpha value is -5.90. The van der Waals surface area contributed by atoms with Crippen LogP contribution in [-0.2, 0) is 78.1 Å². The molecule has 0 aliphatic carbocycles. The molecule has 40 nitrogen and oxygen atoms in total. The van der Waals surface area contributed by atoms with Crippen molar-refractivity contribution in [2.24, 2.45) is 0 Å². The van der Waals surface area contributed by atoms with Gasteiger partial charge in [0.25, 0.3) is 11.1 Å². The van der Waals surface area contributed by atoms with Crippen molar-refractivity contribution < 1.29 is 97.7 Å². The third kappa shape index (κ3) is 14.1. The van der Waals surface area contributed by atoms with Crippen LogP contribution in [0.4, 0.5) is 17.6 Å². The molecule has 6 aromatic heterocycles. The van der Waals surface area contributed by atoms with Crippen LogP contribution in [0.2, 0.25) is 0 Å². The summed E-state index contributed by atoms with van der Waals surface area (Å²) in [5.74, 6) is -0.362. The number of phosphoric ester groups is 4. The lowest BCUT2D eigenvalue weighted by Crippen LogP contribution is -2.33. The summed E-state index contributed by atoms with van der Waals surface area (Å²) >= 11 is 0. The fourth-order valence-corrected chi connectivity index (χ4v) is 13.0. The van der Waals surface area contributed by atoms with Crippen LogP contribution in [0.3, 0.4) is 0 Å². The molecule has 4 unspecified atom stereocenters. The first-order valence-electron chi connectivity index (χ1n) is 25.3. The Morgan fingerprint density at radius 3 is 1.74 bits per heavy atom. The number of H-pyrrole nitrogens is 2. The third-order valence-corrected chi connectivity index (χ3v) is 17.5. The van der Waals surface area contributed by atoms with E-state index in [2.05, 4.69) is 39.4 Å². The molecule has 0 aromatic carbocycles. The number of nitrogens with two attached hydrogens (primary N) is 3. The van der Waals surface area contributed by atoms with Gasteiger partial charge in [-0.25, -0.2) is 47.8 Å². The SMILES string of the molecule is CCO[C@@H]1C[C@H](n2cnc3c(N)ncnc32)O[C@@H]1COP(=O)(O)O[C@@H]1C[C@H](n2cnc3c(=O)[nH]c(N)nc32)O[C@@H]1COP(=O)(O)O[C@@H]1C[C@H](n2ccc(N)nc2=O)O[C@@H]1COP(=O)(O)O[C@@H]1C[C@H](n2cc(C)c(=O)[nH]c2=O)O[C@@H]1OP(=O)(O)OC. The van der Waals surface area contributed by atoms with Crippen LogP contribution in [-0.4, -0.2) is 160 Å². The minimum absolute atomic E-state index is 0.0385. The van der Waals surface area contributed by atoms with Crippen molar-refractivity contribution in [3.63, 3.8) is 0 Å². The molecular weight excluding hydrogens is 1230 g/mol. The van der Waals surface area contributed by atoms with E-state index in [9.17, 15) is 57.0 Å². The summed E-state index contributed by atoms with van der Waals surface area (Å²) in [4.78, 5) is 123. The topological polar surface area (TPSA) is 544 Å². The standard InChI is InChI=1S/C41H55N15O25P4/c1-4-70-19-7-29(55-16-47-31-33(43)45-15-46-34(31)55)74-23(19)12-71-83(63,64)79-21-9-30(56-17-48-32-35(56)50-39(44)51-37(32)58)76-25(21)14-72-84(65,66)78-20-8-27(53-6-5-26(42)49-40(53)59)75-24(20)13-73-85(67,68)80-22-10-28(77-38(22)81-82(61,62)69-3)54-11-18(2)36(57)52-41(54)60/h5-6,11,15-17,19-25,27-30,38H,4,7-10,12-14H2,1-3H3,(H,61,62)(H,63,64)(H,65,66)(H,67,68)(H2,42,49,59)(H2,43,45,46)(H,52,57,60)(H3,44,50,51,58)/t19-,20-,21-,22-,23-,24-,25-,27-,28-,29-,30-,38-/m1/s1. The highest BCUT2D eigenvalue weighted by atomic mass is 31.2. The predicted molar refractivity (Wildman–Crippen MR) is 281 cm³/mol. The Kier molecular flexibility index (Phi) is 18.1. The maximum Gasteiger partial charge on any atom is 0.474 e. The third-order valence-electron chi connectivity index (χ3n) is 13.5. The first-order chi connectivity index (χ1) is 40.2. The molecule has 464 valence electrons. The summed E-state index contributed by atoms with van der Waals surface area (Å²) in [5.41, 5.74) is 14.5. The number of nitrogens with one attached hydrogen (secondary N) is 2. The van der Waals surface area contributed by atoms with Crippen LogP contribution in [0.1, 0.15) is 63.1 Å². The summed E-state index contributed by atoms with van der Waals surface area (Å²) in [6.07, 6.45) is -11.8. The second kappa shape index (κ2) is 24.7. The van der Waals surface area contributed by atoms with Crippen molar-refractivity contribution in [3.8, 4) is 0 Å². The van der Waals surface area contributed by atoms with E-state index in [4.69, 9.17) is 72.6 Å². The summed E-state index contributed by atoms with van der Waals surface area (Å²) in [6, 6.07) is 1.22. The molecule has 12 N–H and O–H groups in total. The van der Waals surface area contributed by atoms with E-state index in [-0.39, 0.29) is 53.8 Å². The number of hydrogen-bond donors (Lipinski definition) is 9. The Bertz CT molecular complexity index is 3900. The van der Waals surface area contributed by atoms with Gasteiger partial charge in [0, 0.05) is 57.4 Å². The van der Waals surface area contributed by atoms with Crippen molar-refractivity contribution in [1.29, 1.82) is 0 Å². The minimum Gasteiger partial charge on any atom is -0.383 e. The molecule has 85 heavy (non-hydrogen) atoms. The van der Waals surface area contributed by atoms with Crippen molar-refractivity contribution in [2.45, 2.75) is 113 Å². The molecule has 0 spiro atoms. The molecule has 0 amide bonds. The largest absolute Gasteiger partial charge is 0.474 e. The lowest BCUT2D eigenvalue weighted by molar-refractivity contribution is -0.135. The lowest BCUT2D eigenvalue weighted by atomic mass is 10.2. The summed E-state index contributed by atoms with van der Waals surface area (Å²) in [7, 11) is -20.2. The van der Waals surface area contributed by atoms with E-state index in [1.165, 1.54) is 36.4 Å². The number of nitrogens with zero attached hydrogens (tertiary/aromatic N) is 10. The van der Waals surface area contributed by atoms with Crippen LogP contribution in [0.15, 0.2) is 56.6 Å². The van der Waals surface area contributed by atoms with Gasteiger partial charge in [-0.2, -0.15) is 9.97 Å². The van der Waals surface area contributed by atoms with Gasteiger partial charge in [0.1, 0.15) is 79.2 Å². The van der Waals surface area contributed by atoms with Crippen LogP contribution < -0.4 is 39.7 Å². The van der Waals surface area contributed by atoms with Gasteiger partial charge in [-0.15, -0.1) is 0 Å². The number of aryl methyl sites for hydroxylation is 1. The van der Waals surface area contributed by atoms with Crippen molar-refractivity contribution in [2.75, 3.05) is 50.7 Å². The van der Waals surface area contributed by atoms with E-state index in [0.717, 1.165) is 28.8 Å². The molecule has 0 radical (unpaired) electrons. The molecule has 16 atom stereocenters. The van der Waals surface area contributed by atoms with E-state index >= 15 is 0 Å². The number of rotatable bonds is 24. The zero-order valence-corrected chi connectivity index (χ0v) is 48.0. The first-order valence-corrected chi connectivity index (χ1v) is 31.3. The Morgan fingerprint density at radius 1 is 0.624 bits per heavy atom. The number of imidazole rings is 2. The number of phosphoric acid groups is 4.